The van der Waals surface area contributed by atoms with Gasteiger partial charge in [-0.25, -0.2) is 4.79 Å². The van der Waals surface area contributed by atoms with E-state index in [1.54, 1.807) is 13.8 Å². The van der Waals surface area contributed by atoms with Gasteiger partial charge < -0.3 is 10.4 Å². The molecule has 0 spiro atoms. The van der Waals surface area contributed by atoms with Crippen molar-refractivity contribution >= 4 is 23.5 Å². The molecule has 0 fully saturated rings. The van der Waals surface area contributed by atoms with E-state index in [4.69, 9.17) is 16.7 Å². The number of aliphatic carboxylic acids is 1. The number of alkyl halides is 1. The number of hydrogen-bond acceptors (Lipinski definition) is 2. The third-order valence-corrected chi connectivity index (χ3v) is 2.61. The summed E-state index contributed by atoms with van der Waals surface area (Å²) in [5, 5.41) is 11.3. The molecule has 0 unspecified atom stereocenters. The molecule has 1 atom stereocenters. The average molecular weight is 222 g/mol. The van der Waals surface area contributed by atoms with E-state index in [0.717, 1.165) is 0 Å². The highest BCUT2D eigenvalue weighted by Gasteiger charge is 2.34. The van der Waals surface area contributed by atoms with Gasteiger partial charge >= 0.3 is 5.97 Å². The van der Waals surface area contributed by atoms with Gasteiger partial charge in [-0.05, 0) is 11.8 Å². The summed E-state index contributed by atoms with van der Waals surface area (Å²) in [6.07, 6.45) is 0.659. The summed E-state index contributed by atoms with van der Waals surface area (Å²) in [4.78, 5) is 21.9. The van der Waals surface area contributed by atoms with Crippen LogP contribution in [0.15, 0.2) is 0 Å². The van der Waals surface area contributed by atoms with Crippen LogP contribution in [-0.4, -0.2) is 28.9 Å². The summed E-state index contributed by atoms with van der Waals surface area (Å²) in [5.74, 6) is -1.71. The fourth-order valence-electron chi connectivity index (χ4n) is 0.995. The molecule has 0 bridgehead atoms. The van der Waals surface area contributed by atoms with Gasteiger partial charge in [-0.3, -0.25) is 4.79 Å². The molecular weight excluding hydrogens is 206 g/mol. The number of rotatable bonds is 5. The zero-order valence-electron chi connectivity index (χ0n) is 8.63. The number of hydrogen-bond donors (Lipinski definition) is 2. The van der Waals surface area contributed by atoms with Crippen molar-refractivity contribution in [1.29, 1.82) is 0 Å². The number of nitrogens with one attached hydrogen (secondary N) is 1. The molecule has 0 rings (SSSR count). The minimum atomic E-state index is -1.03. The Morgan fingerprint density at radius 2 is 2.00 bits per heavy atom. The SMILES string of the molecule is CCC(C)(C)[C@H](NC(=O)CCl)C(=O)O. The fourth-order valence-corrected chi connectivity index (χ4v) is 1.07. The van der Waals surface area contributed by atoms with Crippen molar-refractivity contribution in [3.63, 3.8) is 0 Å². The van der Waals surface area contributed by atoms with Crippen molar-refractivity contribution in [3.05, 3.63) is 0 Å². The van der Waals surface area contributed by atoms with E-state index in [1.165, 1.54) is 0 Å². The Morgan fingerprint density at radius 1 is 1.50 bits per heavy atom. The second kappa shape index (κ2) is 5.20. The van der Waals surface area contributed by atoms with Crippen LogP contribution in [0.2, 0.25) is 0 Å². The molecule has 14 heavy (non-hydrogen) atoms. The molecule has 0 radical (unpaired) electrons. The lowest BCUT2D eigenvalue weighted by molar-refractivity contribution is -0.145. The third kappa shape index (κ3) is 3.54. The molecule has 1 amide bonds. The average Bonchev–Trinajstić information content (AvgIpc) is 2.12. The first-order chi connectivity index (χ1) is 6.35. The monoisotopic (exact) mass is 221 g/mol. The van der Waals surface area contributed by atoms with Crippen molar-refractivity contribution in [2.45, 2.75) is 33.2 Å². The van der Waals surface area contributed by atoms with Crippen LogP contribution >= 0.6 is 11.6 Å². The van der Waals surface area contributed by atoms with Crippen molar-refractivity contribution in [2.24, 2.45) is 5.41 Å². The van der Waals surface area contributed by atoms with Crippen LogP contribution in [0.4, 0.5) is 0 Å². The van der Waals surface area contributed by atoms with E-state index in [1.807, 2.05) is 6.92 Å². The quantitative estimate of drug-likeness (QED) is 0.687. The maximum absolute atomic E-state index is 11.0. The van der Waals surface area contributed by atoms with Gasteiger partial charge in [0.05, 0.1) is 0 Å². The molecule has 82 valence electrons. The highest BCUT2D eigenvalue weighted by Crippen LogP contribution is 2.24. The first kappa shape index (κ1) is 13.2. The summed E-state index contributed by atoms with van der Waals surface area (Å²) in [5.41, 5.74) is -0.479. The summed E-state index contributed by atoms with van der Waals surface area (Å²) in [6.45, 7) is 5.46. The molecule has 4 nitrogen and oxygen atoms in total. The molecule has 0 aromatic heterocycles. The van der Waals surface area contributed by atoms with Gasteiger partial charge in [0.1, 0.15) is 11.9 Å². The molecule has 0 aliphatic carbocycles. The van der Waals surface area contributed by atoms with Crippen molar-refractivity contribution in [3.8, 4) is 0 Å². The molecule has 0 aliphatic heterocycles. The molecule has 2 N–H and O–H groups in total. The highest BCUT2D eigenvalue weighted by molar-refractivity contribution is 6.27. The van der Waals surface area contributed by atoms with E-state index < -0.39 is 23.3 Å². The summed E-state index contributed by atoms with van der Waals surface area (Å²) < 4.78 is 0. The van der Waals surface area contributed by atoms with Crippen molar-refractivity contribution < 1.29 is 14.7 Å². The molecule has 0 heterocycles. The Balaban J connectivity index is 4.61. The number of carboxylic acids is 1. The topological polar surface area (TPSA) is 66.4 Å². The zero-order valence-corrected chi connectivity index (χ0v) is 9.39. The van der Waals surface area contributed by atoms with Crippen molar-refractivity contribution in [2.75, 3.05) is 5.88 Å². The summed E-state index contributed by atoms with van der Waals surface area (Å²) >= 11 is 5.29. The van der Waals surface area contributed by atoms with Gasteiger partial charge in [0.15, 0.2) is 0 Å². The van der Waals surface area contributed by atoms with E-state index in [9.17, 15) is 9.59 Å². The molecular formula is C9H16ClNO3. The van der Waals surface area contributed by atoms with Gasteiger partial charge in [0.2, 0.25) is 5.91 Å². The van der Waals surface area contributed by atoms with Crippen molar-refractivity contribution in [1.82, 2.24) is 5.32 Å². The first-order valence-electron chi connectivity index (χ1n) is 4.43. The number of halogens is 1. The Hall–Kier alpha value is -0.770. The molecule has 0 aliphatic rings. The van der Waals surface area contributed by atoms with E-state index in [-0.39, 0.29) is 5.88 Å². The Bertz CT molecular complexity index is 228. The second-order valence-electron chi connectivity index (χ2n) is 3.81. The molecule has 5 heteroatoms. The van der Waals surface area contributed by atoms with Crippen LogP contribution < -0.4 is 5.32 Å². The lowest BCUT2D eigenvalue weighted by Gasteiger charge is -2.30. The highest BCUT2D eigenvalue weighted by atomic mass is 35.5. The van der Waals surface area contributed by atoms with Crippen LogP contribution in [0.3, 0.4) is 0 Å². The van der Waals surface area contributed by atoms with Gasteiger partial charge in [0, 0.05) is 0 Å². The van der Waals surface area contributed by atoms with Crippen LogP contribution in [-0.2, 0) is 9.59 Å². The van der Waals surface area contributed by atoms with Crippen LogP contribution in [0.25, 0.3) is 0 Å². The predicted molar refractivity (Wildman–Crippen MR) is 54.4 cm³/mol. The smallest absolute Gasteiger partial charge is 0.326 e. The fraction of sp³-hybridized carbons (Fsp3) is 0.778. The minimum absolute atomic E-state index is 0.219. The van der Waals surface area contributed by atoms with Gasteiger partial charge in [-0.1, -0.05) is 20.8 Å². The Morgan fingerprint density at radius 3 is 2.29 bits per heavy atom. The first-order valence-corrected chi connectivity index (χ1v) is 4.96. The van der Waals surface area contributed by atoms with E-state index >= 15 is 0 Å². The lowest BCUT2D eigenvalue weighted by Crippen LogP contribution is -2.50. The third-order valence-electron chi connectivity index (χ3n) is 2.37. The molecule has 0 saturated carbocycles. The minimum Gasteiger partial charge on any atom is -0.480 e. The molecule has 0 saturated heterocycles. The largest absolute Gasteiger partial charge is 0.480 e. The summed E-state index contributed by atoms with van der Waals surface area (Å²) in [6, 6.07) is -0.890. The standard InChI is InChI=1S/C9H16ClNO3/c1-4-9(2,3)7(8(13)14)11-6(12)5-10/h7H,4-5H2,1-3H3,(H,11,12)(H,13,14)/t7-/m1/s1. The number of carboxylic acid groups (broad SMARTS) is 1. The van der Waals surface area contributed by atoms with Crippen LogP contribution in [0.5, 0.6) is 0 Å². The second-order valence-corrected chi connectivity index (χ2v) is 4.08. The van der Waals surface area contributed by atoms with E-state index in [0.29, 0.717) is 6.42 Å². The lowest BCUT2D eigenvalue weighted by atomic mass is 9.82. The maximum atomic E-state index is 11.0. The number of amides is 1. The normalized spacial score (nSPS) is 13.4. The maximum Gasteiger partial charge on any atom is 0.326 e. The Labute approximate surface area is 88.6 Å². The molecule has 0 aromatic carbocycles. The summed E-state index contributed by atoms with van der Waals surface area (Å²) in [7, 11) is 0. The van der Waals surface area contributed by atoms with Gasteiger partial charge in [-0.15, -0.1) is 11.6 Å². The van der Waals surface area contributed by atoms with Crippen LogP contribution in [0.1, 0.15) is 27.2 Å². The van der Waals surface area contributed by atoms with Crippen LogP contribution in [0, 0.1) is 5.41 Å². The number of carbonyl (C=O) groups is 2. The van der Waals surface area contributed by atoms with E-state index in [2.05, 4.69) is 5.32 Å². The predicted octanol–water partition coefficient (Wildman–Crippen LogP) is 1.23. The number of carbonyl (C=O) groups excluding carboxylic acids is 1. The van der Waals surface area contributed by atoms with Gasteiger partial charge in [0.25, 0.3) is 0 Å². The van der Waals surface area contributed by atoms with Gasteiger partial charge in [-0.2, -0.15) is 0 Å². The zero-order chi connectivity index (χ0) is 11.4. The Kier molecular flexibility index (Phi) is 4.91. The molecule has 0 aromatic rings.